The van der Waals surface area contributed by atoms with Crippen LogP contribution in [0.5, 0.6) is 0 Å². The fourth-order valence-corrected chi connectivity index (χ4v) is 2.68. The van der Waals surface area contributed by atoms with E-state index in [0.717, 1.165) is 0 Å². The third kappa shape index (κ3) is 3.40. The monoisotopic (exact) mass is 316 g/mol. The van der Waals surface area contributed by atoms with Crippen LogP contribution in [0.15, 0.2) is 29.1 Å². The van der Waals surface area contributed by atoms with Crippen LogP contribution in [-0.4, -0.2) is 53.1 Å². The summed E-state index contributed by atoms with van der Waals surface area (Å²) in [7, 11) is 0. The third-order valence-corrected chi connectivity index (χ3v) is 3.92. The highest BCUT2D eigenvalue weighted by atomic mass is 16.5. The van der Waals surface area contributed by atoms with Crippen molar-refractivity contribution in [3.05, 3.63) is 40.4 Å². The van der Waals surface area contributed by atoms with Gasteiger partial charge in [0.15, 0.2) is 0 Å². The second-order valence-corrected chi connectivity index (χ2v) is 5.46. The Balaban J connectivity index is 1.81. The summed E-state index contributed by atoms with van der Waals surface area (Å²) in [6, 6.07) is 6.83. The van der Waals surface area contributed by atoms with E-state index in [1.807, 2.05) is 13.0 Å². The lowest BCUT2D eigenvalue weighted by molar-refractivity contribution is -0.136. The molecule has 1 amide bonds. The molecule has 0 unspecified atom stereocenters. The Hall–Kier alpha value is -2.25. The lowest BCUT2D eigenvalue weighted by atomic mass is 10.2. The van der Waals surface area contributed by atoms with Gasteiger partial charge in [0, 0.05) is 13.1 Å². The standard InChI is InChI=1S/C16H20N4O3/c1-2-20(16(22)13-10-23-8-7-17-13)9-14-18-12-6-4-3-5-11(12)15(21)19-14/h3-6,13,17H,2,7-10H2,1H3,(H,18,19,21)/t13-/m1/s1. The number of fused-ring (bicyclic) bond motifs is 1. The summed E-state index contributed by atoms with van der Waals surface area (Å²) in [5.74, 6) is 0.448. The maximum atomic E-state index is 12.5. The van der Waals surface area contributed by atoms with Gasteiger partial charge in [0.2, 0.25) is 5.91 Å². The fraction of sp³-hybridized carbons (Fsp3) is 0.438. The van der Waals surface area contributed by atoms with Crippen molar-refractivity contribution in [3.8, 4) is 0 Å². The van der Waals surface area contributed by atoms with Crippen LogP contribution in [-0.2, 0) is 16.1 Å². The number of hydrogen-bond acceptors (Lipinski definition) is 5. The van der Waals surface area contributed by atoms with E-state index in [-0.39, 0.29) is 24.1 Å². The molecular formula is C16H20N4O3. The zero-order valence-electron chi connectivity index (χ0n) is 13.0. The highest BCUT2D eigenvalue weighted by Crippen LogP contribution is 2.08. The van der Waals surface area contributed by atoms with E-state index in [0.29, 0.717) is 43.0 Å². The van der Waals surface area contributed by atoms with Crippen LogP contribution >= 0.6 is 0 Å². The van der Waals surface area contributed by atoms with E-state index in [1.54, 1.807) is 23.1 Å². The SMILES string of the molecule is CCN(Cc1nc2ccccc2c(=O)[nH]1)C(=O)[C@H]1COCCN1. The first kappa shape index (κ1) is 15.6. The topological polar surface area (TPSA) is 87.3 Å². The van der Waals surface area contributed by atoms with Crippen molar-refractivity contribution in [1.29, 1.82) is 0 Å². The lowest BCUT2D eigenvalue weighted by Gasteiger charge is -2.29. The largest absolute Gasteiger partial charge is 0.378 e. The summed E-state index contributed by atoms with van der Waals surface area (Å²) in [6.45, 7) is 4.37. The smallest absolute Gasteiger partial charge is 0.258 e. The minimum absolute atomic E-state index is 0.0389. The molecule has 1 aromatic heterocycles. The van der Waals surface area contributed by atoms with Crippen LogP contribution in [0.25, 0.3) is 10.9 Å². The summed E-state index contributed by atoms with van der Waals surface area (Å²) in [5, 5.41) is 3.70. The molecule has 7 nitrogen and oxygen atoms in total. The van der Waals surface area contributed by atoms with E-state index in [9.17, 15) is 9.59 Å². The van der Waals surface area contributed by atoms with Crippen LogP contribution in [0.2, 0.25) is 0 Å². The number of ether oxygens (including phenoxy) is 1. The Morgan fingerprint density at radius 1 is 1.43 bits per heavy atom. The van der Waals surface area contributed by atoms with Gasteiger partial charge in [0.1, 0.15) is 11.9 Å². The van der Waals surface area contributed by atoms with Gasteiger partial charge in [-0.2, -0.15) is 0 Å². The summed E-state index contributed by atoms with van der Waals surface area (Å²) < 4.78 is 5.34. The highest BCUT2D eigenvalue weighted by Gasteiger charge is 2.26. The first-order valence-electron chi connectivity index (χ1n) is 7.77. The molecule has 2 aromatic rings. The molecule has 2 N–H and O–H groups in total. The number of hydrogen-bond donors (Lipinski definition) is 2. The third-order valence-electron chi connectivity index (χ3n) is 3.92. The summed E-state index contributed by atoms with van der Waals surface area (Å²) in [5.41, 5.74) is 0.446. The van der Waals surface area contributed by atoms with E-state index >= 15 is 0 Å². The average Bonchev–Trinajstić information content (AvgIpc) is 2.60. The molecule has 1 aliphatic heterocycles. The minimum atomic E-state index is -0.337. The summed E-state index contributed by atoms with van der Waals surface area (Å²) in [6.07, 6.45) is 0. The molecule has 3 rings (SSSR count). The number of nitrogens with one attached hydrogen (secondary N) is 2. The number of nitrogens with zero attached hydrogens (tertiary/aromatic N) is 2. The Bertz CT molecular complexity index is 752. The molecule has 0 saturated carbocycles. The number of benzene rings is 1. The maximum Gasteiger partial charge on any atom is 0.258 e. The van der Waals surface area contributed by atoms with Gasteiger partial charge in [0.05, 0.1) is 30.7 Å². The van der Waals surface area contributed by atoms with Gasteiger partial charge >= 0.3 is 0 Å². The number of morpholine rings is 1. The molecule has 0 spiro atoms. The first-order chi connectivity index (χ1) is 11.2. The Morgan fingerprint density at radius 3 is 3.00 bits per heavy atom. The number of amides is 1. The predicted molar refractivity (Wildman–Crippen MR) is 86.1 cm³/mol. The van der Waals surface area contributed by atoms with E-state index in [2.05, 4.69) is 15.3 Å². The second kappa shape index (κ2) is 6.89. The summed E-state index contributed by atoms with van der Waals surface area (Å²) in [4.78, 5) is 33.5. The Morgan fingerprint density at radius 2 is 2.26 bits per heavy atom. The number of aromatic amines is 1. The quantitative estimate of drug-likeness (QED) is 0.845. The molecule has 0 radical (unpaired) electrons. The number of H-pyrrole nitrogens is 1. The van der Waals surface area contributed by atoms with Crippen molar-refractivity contribution in [1.82, 2.24) is 20.2 Å². The van der Waals surface area contributed by atoms with Crippen molar-refractivity contribution in [2.24, 2.45) is 0 Å². The Kier molecular flexibility index (Phi) is 4.68. The van der Waals surface area contributed by atoms with E-state index in [1.165, 1.54) is 0 Å². The lowest BCUT2D eigenvalue weighted by Crippen LogP contribution is -2.52. The Labute approximate surface area is 133 Å². The van der Waals surface area contributed by atoms with Crippen LogP contribution < -0.4 is 10.9 Å². The van der Waals surface area contributed by atoms with Crippen LogP contribution in [0.3, 0.4) is 0 Å². The van der Waals surface area contributed by atoms with E-state index < -0.39 is 0 Å². The molecule has 1 fully saturated rings. The molecule has 2 heterocycles. The van der Waals surface area contributed by atoms with Crippen LogP contribution in [0, 0.1) is 0 Å². The van der Waals surface area contributed by atoms with Gasteiger partial charge in [-0.3, -0.25) is 9.59 Å². The van der Waals surface area contributed by atoms with Gasteiger partial charge in [-0.1, -0.05) is 12.1 Å². The predicted octanol–water partition coefficient (Wildman–Crippen LogP) is 0.260. The molecule has 1 aromatic carbocycles. The number of carbonyl (C=O) groups is 1. The van der Waals surface area contributed by atoms with E-state index in [4.69, 9.17) is 4.74 Å². The maximum absolute atomic E-state index is 12.5. The van der Waals surface area contributed by atoms with Crippen molar-refractivity contribution < 1.29 is 9.53 Å². The van der Waals surface area contributed by atoms with Crippen molar-refractivity contribution >= 4 is 16.8 Å². The fourth-order valence-electron chi connectivity index (χ4n) is 2.68. The molecule has 7 heteroatoms. The van der Waals surface area contributed by atoms with Crippen molar-refractivity contribution in [2.75, 3.05) is 26.3 Å². The second-order valence-electron chi connectivity index (χ2n) is 5.46. The number of rotatable bonds is 4. The van der Waals surface area contributed by atoms with Gasteiger partial charge in [-0.25, -0.2) is 4.98 Å². The van der Waals surface area contributed by atoms with Gasteiger partial charge in [0.25, 0.3) is 5.56 Å². The number of para-hydroxylation sites is 1. The normalized spacial score (nSPS) is 18.0. The highest BCUT2D eigenvalue weighted by molar-refractivity contribution is 5.82. The van der Waals surface area contributed by atoms with Gasteiger partial charge in [-0.05, 0) is 19.1 Å². The number of carbonyl (C=O) groups excluding carboxylic acids is 1. The molecule has 1 aliphatic rings. The molecule has 23 heavy (non-hydrogen) atoms. The molecule has 122 valence electrons. The van der Waals surface area contributed by atoms with Crippen molar-refractivity contribution in [2.45, 2.75) is 19.5 Å². The number of aromatic nitrogens is 2. The molecular weight excluding hydrogens is 296 g/mol. The molecule has 1 saturated heterocycles. The molecule has 1 atom stereocenters. The molecule has 0 aliphatic carbocycles. The average molecular weight is 316 g/mol. The van der Waals surface area contributed by atoms with Crippen LogP contribution in [0.4, 0.5) is 0 Å². The first-order valence-corrected chi connectivity index (χ1v) is 7.77. The summed E-state index contributed by atoms with van der Waals surface area (Å²) >= 11 is 0. The zero-order valence-corrected chi connectivity index (χ0v) is 13.0. The minimum Gasteiger partial charge on any atom is -0.378 e. The van der Waals surface area contributed by atoms with Crippen LogP contribution in [0.1, 0.15) is 12.7 Å². The zero-order chi connectivity index (χ0) is 16.2. The van der Waals surface area contributed by atoms with Crippen molar-refractivity contribution in [3.63, 3.8) is 0 Å². The van der Waals surface area contributed by atoms with Gasteiger partial charge < -0.3 is 19.9 Å². The number of likely N-dealkylation sites (N-methyl/N-ethyl adjacent to an activating group) is 1. The molecule has 0 bridgehead atoms. The van der Waals surface area contributed by atoms with Gasteiger partial charge in [-0.15, -0.1) is 0 Å².